The molecule has 1 N–H and O–H groups in total. The smallest absolute Gasteiger partial charge is 0.251 e. The number of pyridine rings is 1. The first-order valence-corrected chi connectivity index (χ1v) is 9.78. The Labute approximate surface area is 172 Å². The molecule has 1 aliphatic heterocycles. The van der Waals surface area contributed by atoms with Gasteiger partial charge in [-0.1, -0.05) is 17.7 Å². The number of rotatable bonds is 6. The van der Waals surface area contributed by atoms with Gasteiger partial charge in [-0.2, -0.15) is 5.10 Å². The fraction of sp³-hybridized carbons (Fsp3) is 0.300. The van der Waals surface area contributed by atoms with Crippen molar-refractivity contribution in [1.82, 2.24) is 30.0 Å². The molecule has 0 bridgehead atoms. The van der Waals surface area contributed by atoms with E-state index in [2.05, 4.69) is 25.3 Å². The van der Waals surface area contributed by atoms with E-state index in [-0.39, 0.29) is 24.3 Å². The second-order valence-electron chi connectivity index (χ2n) is 6.85. The second-order valence-corrected chi connectivity index (χ2v) is 7.25. The van der Waals surface area contributed by atoms with Crippen LogP contribution in [0.1, 0.15) is 34.8 Å². The van der Waals surface area contributed by atoms with Gasteiger partial charge in [-0.3, -0.25) is 9.69 Å². The molecule has 0 aliphatic carbocycles. The van der Waals surface area contributed by atoms with Crippen LogP contribution >= 0.6 is 11.6 Å². The molecule has 0 saturated carbocycles. The maximum absolute atomic E-state index is 14.6. The van der Waals surface area contributed by atoms with Gasteiger partial charge in [-0.25, -0.2) is 19.0 Å². The van der Waals surface area contributed by atoms with Crippen LogP contribution in [-0.2, 0) is 0 Å². The van der Waals surface area contributed by atoms with Crippen LogP contribution in [0.2, 0.25) is 5.02 Å². The summed E-state index contributed by atoms with van der Waals surface area (Å²) in [5.41, 5.74) is 0.861. The van der Waals surface area contributed by atoms with E-state index in [1.807, 2.05) is 0 Å². The number of hydrogen-bond acceptors (Lipinski definition) is 5. The molecule has 2 aromatic heterocycles. The molecule has 0 spiro atoms. The van der Waals surface area contributed by atoms with E-state index >= 15 is 0 Å². The Morgan fingerprint density at radius 2 is 2.10 bits per heavy atom. The second kappa shape index (κ2) is 8.67. The third-order valence-electron chi connectivity index (χ3n) is 5.03. The summed E-state index contributed by atoms with van der Waals surface area (Å²) >= 11 is 6.31. The van der Waals surface area contributed by atoms with Gasteiger partial charge in [0.05, 0.1) is 6.04 Å². The van der Waals surface area contributed by atoms with Gasteiger partial charge in [0.2, 0.25) is 0 Å². The lowest BCUT2D eigenvalue weighted by molar-refractivity contribution is 0.0937. The Balaban J connectivity index is 1.53. The Hall–Kier alpha value is -2.84. The highest BCUT2D eigenvalue weighted by molar-refractivity contribution is 6.31. The predicted molar refractivity (Wildman–Crippen MR) is 106 cm³/mol. The number of benzene rings is 1. The van der Waals surface area contributed by atoms with E-state index in [1.165, 1.54) is 29.6 Å². The zero-order chi connectivity index (χ0) is 20.2. The Kier molecular flexibility index (Phi) is 5.82. The molecule has 0 radical (unpaired) electrons. The van der Waals surface area contributed by atoms with Gasteiger partial charge in [-0.15, -0.1) is 0 Å². The lowest BCUT2D eigenvalue weighted by Crippen LogP contribution is -2.37. The van der Waals surface area contributed by atoms with Gasteiger partial charge in [0.25, 0.3) is 5.91 Å². The minimum Gasteiger partial charge on any atom is -0.350 e. The van der Waals surface area contributed by atoms with E-state index in [0.29, 0.717) is 22.0 Å². The minimum absolute atomic E-state index is 0.250. The first-order chi connectivity index (χ1) is 14.1. The molecule has 1 aromatic carbocycles. The number of carbonyl (C=O) groups excluding carboxylic acids is 1. The maximum atomic E-state index is 14.6. The van der Waals surface area contributed by atoms with Crippen LogP contribution in [0.5, 0.6) is 0 Å². The SMILES string of the molecule is O=C(NCC(c1c(F)cccc1Cl)N1CCCC1)c1ccnc(-n2cncn2)c1. The van der Waals surface area contributed by atoms with Gasteiger partial charge < -0.3 is 5.32 Å². The van der Waals surface area contributed by atoms with Crippen molar-refractivity contribution in [2.45, 2.75) is 18.9 Å². The van der Waals surface area contributed by atoms with E-state index in [9.17, 15) is 9.18 Å². The fourth-order valence-electron chi connectivity index (χ4n) is 3.60. The average molecular weight is 415 g/mol. The van der Waals surface area contributed by atoms with Crippen LogP contribution in [-0.4, -0.2) is 50.2 Å². The lowest BCUT2D eigenvalue weighted by atomic mass is 10.0. The van der Waals surface area contributed by atoms with Crippen molar-refractivity contribution in [2.75, 3.05) is 19.6 Å². The number of carbonyl (C=O) groups is 1. The van der Waals surface area contributed by atoms with E-state index in [4.69, 9.17) is 11.6 Å². The third-order valence-corrected chi connectivity index (χ3v) is 5.36. The largest absolute Gasteiger partial charge is 0.350 e. The molecule has 4 rings (SSSR count). The van der Waals surface area contributed by atoms with Crippen molar-refractivity contribution < 1.29 is 9.18 Å². The quantitative estimate of drug-likeness (QED) is 0.671. The molecular weight excluding hydrogens is 395 g/mol. The number of amides is 1. The number of hydrogen-bond donors (Lipinski definition) is 1. The van der Waals surface area contributed by atoms with Crippen LogP contribution in [0.15, 0.2) is 49.2 Å². The third kappa shape index (κ3) is 4.28. The molecule has 7 nitrogen and oxygen atoms in total. The summed E-state index contributed by atoms with van der Waals surface area (Å²) in [6.45, 7) is 1.94. The molecule has 1 unspecified atom stereocenters. The van der Waals surface area contributed by atoms with Gasteiger partial charge in [0.1, 0.15) is 18.5 Å². The Bertz CT molecular complexity index is 970. The van der Waals surface area contributed by atoms with Crippen LogP contribution in [0.25, 0.3) is 5.82 Å². The van der Waals surface area contributed by atoms with Crippen molar-refractivity contribution in [3.8, 4) is 5.82 Å². The first kappa shape index (κ1) is 19.5. The van der Waals surface area contributed by atoms with Crippen molar-refractivity contribution in [3.05, 3.63) is 71.2 Å². The lowest BCUT2D eigenvalue weighted by Gasteiger charge is -2.29. The van der Waals surface area contributed by atoms with E-state index in [1.54, 1.807) is 24.3 Å². The van der Waals surface area contributed by atoms with Gasteiger partial charge in [0, 0.05) is 28.9 Å². The molecule has 1 fully saturated rings. The van der Waals surface area contributed by atoms with Crippen molar-refractivity contribution >= 4 is 17.5 Å². The summed E-state index contributed by atoms with van der Waals surface area (Å²) in [6.07, 6.45) is 6.53. The van der Waals surface area contributed by atoms with Crippen LogP contribution < -0.4 is 5.32 Å². The number of halogens is 2. The monoisotopic (exact) mass is 414 g/mol. The first-order valence-electron chi connectivity index (χ1n) is 9.40. The summed E-state index contributed by atoms with van der Waals surface area (Å²) in [5, 5.41) is 7.31. The molecule has 3 heterocycles. The number of aromatic nitrogens is 4. The zero-order valence-corrected chi connectivity index (χ0v) is 16.4. The topological polar surface area (TPSA) is 75.9 Å². The zero-order valence-electron chi connectivity index (χ0n) is 15.6. The van der Waals surface area contributed by atoms with Gasteiger partial charge in [0.15, 0.2) is 5.82 Å². The molecule has 150 valence electrons. The molecule has 9 heteroatoms. The summed E-state index contributed by atoms with van der Waals surface area (Å²) in [4.78, 5) is 23.0. The Morgan fingerprint density at radius 3 is 2.83 bits per heavy atom. The average Bonchev–Trinajstić information content (AvgIpc) is 3.44. The maximum Gasteiger partial charge on any atom is 0.251 e. The molecule has 29 heavy (non-hydrogen) atoms. The van der Waals surface area contributed by atoms with Crippen LogP contribution in [0.3, 0.4) is 0 Å². The summed E-state index contributed by atoms with van der Waals surface area (Å²) in [7, 11) is 0. The highest BCUT2D eigenvalue weighted by atomic mass is 35.5. The van der Waals surface area contributed by atoms with Gasteiger partial charge in [-0.05, 0) is 50.2 Å². The molecular formula is C20H20ClFN6O. The van der Waals surface area contributed by atoms with Gasteiger partial charge >= 0.3 is 0 Å². The number of nitrogens with one attached hydrogen (secondary N) is 1. The van der Waals surface area contributed by atoms with Crippen LogP contribution in [0, 0.1) is 5.82 Å². The highest BCUT2D eigenvalue weighted by Crippen LogP contribution is 2.32. The summed E-state index contributed by atoms with van der Waals surface area (Å²) in [6, 6.07) is 7.59. The molecule has 1 saturated heterocycles. The number of likely N-dealkylation sites (tertiary alicyclic amines) is 1. The Morgan fingerprint density at radius 1 is 1.28 bits per heavy atom. The van der Waals surface area contributed by atoms with Crippen molar-refractivity contribution in [3.63, 3.8) is 0 Å². The summed E-state index contributed by atoms with van der Waals surface area (Å²) in [5.74, 6) is -0.144. The van der Waals surface area contributed by atoms with Crippen LogP contribution in [0.4, 0.5) is 4.39 Å². The predicted octanol–water partition coefficient (Wildman–Crippen LogP) is 3.02. The van der Waals surface area contributed by atoms with Crippen molar-refractivity contribution in [2.24, 2.45) is 0 Å². The van der Waals surface area contributed by atoms with E-state index < -0.39 is 0 Å². The molecule has 1 aliphatic rings. The normalized spacial score (nSPS) is 15.4. The fourth-order valence-corrected chi connectivity index (χ4v) is 3.89. The van der Waals surface area contributed by atoms with Crippen molar-refractivity contribution in [1.29, 1.82) is 0 Å². The standard InChI is InChI=1S/C20H20ClFN6O/c21-15-4-3-5-16(22)19(15)17(27-8-1-2-9-27)11-25-20(29)14-6-7-24-18(10-14)28-13-23-12-26-28/h3-7,10,12-13,17H,1-2,8-9,11H2,(H,25,29). The van der Waals surface area contributed by atoms with E-state index in [0.717, 1.165) is 25.9 Å². The number of nitrogens with zero attached hydrogens (tertiary/aromatic N) is 5. The highest BCUT2D eigenvalue weighted by Gasteiger charge is 2.28. The molecule has 1 atom stereocenters. The molecule has 1 amide bonds. The summed E-state index contributed by atoms with van der Waals surface area (Å²) < 4.78 is 16.0. The minimum atomic E-state index is -0.360. The molecule has 3 aromatic rings.